The third-order valence-electron chi connectivity index (χ3n) is 2.04. The van der Waals surface area contributed by atoms with E-state index in [1.54, 1.807) is 0 Å². The van der Waals surface area contributed by atoms with Crippen LogP contribution in [-0.2, 0) is 6.61 Å². The molecule has 0 amide bonds. The smallest absolute Gasteiger partial charge is 0.406 e. The van der Waals surface area contributed by atoms with Crippen LogP contribution >= 0.6 is 11.3 Å². The number of aliphatic hydroxyl groups excluding tert-OH is 1. The summed E-state index contributed by atoms with van der Waals surface area (Å²) in [5, 5.41) is 9.53. The fraction of sp³-hybridized carbons (Fsp3) is 0.182. The third-order valence-corrected chi connectivity index (χ3v) is 3.08. The average molecular weight is 275 g/mol. The molecule has 1 aromatic carbocycles. The third kappa shape index (κ3) is 3.21. The van der Waals surface area contributed by atoms with Crippen LogP contribution in [0.5, 0.6) is 5.75 Å². The second-order valence-electron chi connectivity index (χ2n) is 3.36. The molecule has 0 aliphatic carbocycles. The van der Waals surface area contributed by atoms with Gasteiger partial charge in [-0.2, -0.15) is 0 Å². The Morgan fingerprint density at radius 1 is 1.22 bits per heavy atom. The van der Waals surface area contributed by atoms with E-state index in [2.05, 4.69) is 9.72 Å². The summed E-state index contributed by atoms with van der Waals surface area (Å²) in [6.45, 7) is -0.104. The van der Waals surface area contributed by atoms with Gasteiger partial charge in [-0.1, -0.05) is 0 Å². The quantitative estimate of drug-likeness (QED) is 0.935. The van der Waals surface area contributed by atoms with E-state index in [-0.39, 0.29) is 12.4 Å². The molecule has 0 aliphatic heterocycles. The van der Waals surface area contributed by atoms with Crippen LogP contribution in [0.25, 0.3) is 10.6 Å². The summed E-state index contributed by atoms with van der Waals surface area (Å²) in [5.74, 6) is -0.273. The molecule has 3 nitrogen and oxygen atoms in total. The van der Waals surface area contributed by atoms with Gasteiger partial charge in [-0.3, -0.25) is 0 Å². The number of thiazole rings is 1. The van der Waals surface area contributed by atoms with Crippen LogP contribution in [0.3, 0.4) is 0 Å². The van der Waals surface area contributed by atoms with Crippen molar-refractivity contribution in [2.45, 2.75) is 13.0 Å². The van der Waals surface area contributed by atoms with Gasteiger partial charge in [-0.15, -0.1) is 24.5 Å². The van der Waals surface area contributed by atoms with Crippen molar-refractivity contribution in [1.29, 1.82) is 0 Å². The lowest BCUT2D eigenvalue weighted by molar-refractivity contribution is -0.274. The van der Waals surface area contributed by atoms with Crippen molar-refractivity contribution in [3.63, 3.8) is 0 Å². The largest absolute Gasteiger partial charge is 0.573 e. The van der Waals surface area contributed by atoms with E-state index >= 15 is 0 Å². The van der Waals surface area contributed by atoms with Crippen molar-refractivity contribution < 1.29 is 23.0 Å². The second kappa shape index (κ2) is 4.95. The molecule has 0 saturated carbocycles. The normalized spacial score (nSPS) is 11.6. The Morgan fingerprint density at radius 2 is 1.89 bits per heavy atom. The molecule has 0 radical (unpaired) electrons. The van der Waals surface area contributed by atoms with Gasteiger partial charge in [0.25, 0.3) is 0 Å². The molecule has 1 aromatic heterocycles. The first-order valence-electron chi connectivity index (χ1n) is 4.90. The highest BCUT2D eigenvalue weighted by atomic mass is 32.1. The number of alkyl halides is 3. The molecular formula is C11H8F3NO2S. The Bertz CT molecular complexity index is 522. The van der Waals surface area contributed by atoms with Crippen molar-refractivity contribution in [3.05, 3.63) is 35.3 Å². The zero-order valence-corrected chi connectivity index (χ0v) is 9.76. The Kier molecular flexibility index (Phi) is 3.53. The molecule has 7 heteroatoms. The number of nitrogens with zero attached hydrogens (tertiary/aromatic N) is 1. The van der Waals surface area contributed by atoms with Crippen molar-refractivity contribution in [2.24, 2.45) is 0 Å². The number of aromatic nitrogens is 1. The molecule has 0 unspecified atom stereocenters. The fourth-order valence-electron chi connectivity index (χ4n) is 1.31. The molecule has 18 heavy (non-hydrogen) atoms. The van der Waals surface area contributed by atoms with Crippen LogP contribution in [0, 0.1) is 0 Å². The molecule has 1 heterocycles. The number of rotatable bonds is 3. The van der Waals surface area contributed by atoms with E-state index in [1.165, 1.54) is 41.8 Å². The van der Waals surface area contributed by atoms with E-state index in [9.17, 15) is 13.2 Å². The Labute approximate surface area is 104 Å². The van der Waals surface area contributed by atoms with Gasteiger partial charge in [0.2, 0.25) is 0 Å². The van der Waals surface area contributed by atoms with E-state index in [0.717, 1.165) is 0 Å². The Hall–Kier alpha value is -1.60. The van der Waals surface area contributed by atoms with Crippen molar-refractivity contribution in [3.8, 4) is 16.3 Å². The van der Waals surface area contributed by atoms with Gasteiger partial charge >= 0.3 is 6.36 Å². The van der Waals surface area contributed by atoms with Crippen molar-refractivity contribution in [2.75, 3.05) is 0 Å². The molecule has 0 atom stereocenters. The van der Waals surface area contributed by atoms with Crippen LogP contribution in [0.2, 0.25) is 0 Å². The van der Waals surface area contributed by atoms with E-state index in [0.29, 0.717) is 15.4 Å². The molecule has 0 bridgehead atoms. The fourth-order valence-corrected chi connectivity index (χ4v) is 2.09. The summed E-state index contributed by atoms with van der Waals surface area (Å²) in [7, 11) is 0. The maximum Gasteiger partial charge on any atom is 0.573 e. The van der Waals surface area contributed by atoms with Gasteiger partial charge in [-0.25, -0.2) is 4.98 Å². The van der Waals surface area contributed by atoms with Crippen molar-refractivity contribution >= 4 is 11.3 Å². The molecular weight excluding hydrogens is 267 g/mol. The molecule has 2 rings (SSSR count). The number of hydrogen-bond donors (Lipinski definition) is 1. The summed E-state index contributed by atoms with van der Waals surface area (Å²) in [6, 6.07) is 5.42. The number of hydrogen-bond acceptors (Lipinski definition) is 4. The van der Waals surface area contributed by atoms with Gasteiger partial charge in [-0.05, 0) is 24.3 Å². The summed E-state index contributed by atoms with van der Waals surface area (Å²) < 4.78 is 39.6. The number of benzene rings is 1. The summed E-state index contributed by atoms with van der Waals surface area (Å²) in [6.07, 6.45) is -3.16. The topological polar surface area (TPSA) is 42.4 Å². The zero-order chi connectivity index (χ0) is 13.2. The standard InChI is InChI=1S/C11H8F3NO2S/c12-11(13,14)17-8-3-1-7(2-4-8)10-15-5-9(6-16)18-10/h1-5,16H,6H2. The lowest BCUT2D eigenvalue weighted by Crippen LogP contribution is -2.16. The highest BCUT2D eigenvalue weighted by molar-refractivity contribution is 7.15. The zero-order valence-electron chi connectivity index (χ0n) is 8.94. The van der Waals surface area contributed by atoms with Gasteiger partial charge < -0.3 is 9.84 Å². The summed E-state index contributed by atoms with van der Waals surface area (Å²) in [5.41, 5.74) is 0.675. The molecule has 0 fully saturated rings. The van der Waals surface area contributed by atoms with Crippen LogP contribution in [0.15, 0.2) is 30.5 Å². The van der Waals surface area contributed by atoms with E-state index < -0.39 is 6.36 Å². The molecule has 1 N–H and O–H groups in total. The average Bonchev–Trinajstić information content (AvgIpc) is 2.76. The van der Waals surface area contributed by atoms with Crippen molar-refractivity contribution in [1.82, 2.24) is 4.98 Å². The molecule has 0 spiro atoms. The minimum absolute atomic E-state index is 0.104. The predicted molar refractivity (Wildman–Crippen MR) is 60.2 cm³/mol. The highest BCUT2D eigenvalue weighted by Crippen LogP contribution is 2.28. The van der Waals surface area contributed by atoms with Gasteiger partial charge in [0.05, 0.1) is 11.5 Å². The summed E-state index contributed by atoms with van der Waals surface area (Å²) >= 11 is 1.28. The lowest BCUT2D eigenvalue weighted by Gasteiger charge is -2.08. The second-order valence-corrected chi connectivity index (χ2v) is 4.48. The first-order chi connectivity index (χ1) is 8.48. The van der Waals surface area contributed by atoms with Crippen LogP contribution in [-0.4, -0.2) is 16.5 Å². The maximum atomic E-state index is 12.0. The number of halogens is 3. The molecule has 0 aliphatic rings. The van der Waals surface area contributed by atoms with E-state index in [1.807, 2.05) is 0 Å². The first kappa shape index (κ1) is 12.8. The Balaban J connectivity index is 2.17. The Morgan fingerprint density at radius 3 is 2.39 bits per heavy atom. The van der Waals surface area contributed by atoms with Crippen LogP contribution in [0.4, 0.5) is 13.2 Å². The maximum absolute atomic E-state index is 12.0. The van der Waals surface area contributed by atoms with E-state index in [4.69, 9.17) is 5.11 Å². The minimum Gasteiger partial charge on any atom is -0.406 e. The first-order valence-corrected chi connectivity index (χ1v) is 5.71. The highest BCUT2D eigenvalue weighted by Gasteiger charge is 2.30. The minimum atomic E-state index is -4.69. The summed E-state index contributed by atoms with van der Waals surface area (Å²) in [4.78, 5) is 4.75. The van der Waals surface area contributed by atoms with Crippen LogP contribution in [0.1, 0.15) is 4.88 Å². The number of aliphatic hydroxyl groups is 1. The lowest BCUT2D eigenvalue weighted by atomic mass is 10.2. The predicted octanol–water partition coefficient (Wildman–Crippen LogP) is 3.20. The van der Waals surface area contributed by atoms with Crippen LogP contribution < -0.4 is 4.74 Å². The van der Waals surface area contributed by atoms with Gasteiger partial charge in [0, 0.05) is 11.8 Å². The molecule has 0 saturated heterocycles. The SMILES string of the molecule is OCc1cnc(-c2ccc(OC(F)(F)F)cc2)s1. The number of ether oxygens (including phenoxy) is 1. The van der Waals surface area contributed by atoms with Gasteiger partial charge in [0.1, 0.15) is 10.8 Å². The van der Waals surface area contributed by atoms with Gasteiger partial charge in [0.15, 0.2) is 0 Å². The molecule has 96 valence electrons. The monoisotopic (exact) mass is 275 g/mol. The molecule has 2 aromatic rings.